The van der Waals surface area contributed by atoms with Crippen molar-refractivity contribution in [3.63, 3.8) is 0 Å². The molecule has 0 radical (unpaired) electrons. The Morgan fingerprint density at radius 2 is 2.07 bits per heavy atom. The standard InChI is InChI=1S/C22H28N4O2S/c1-2-28-19(27)15-26-21(20(24-22(26)29)17-11-6-7-13-23-17)18-12-8-14-25(18)16-9-4-3-5-10-16/h6-8,11-14,16,20-21H,2-5,9-10,15H2,1H3,(H,24,29)/t20-,21-/m0/s1. The van der Waals surface area contributed by atoms with Gasteiger partial charge in [-0.2, -0.15) is 0 Å². The molecular weight excluding hydrogens is 384 g/mol. The molecule has 2 aromatic heterocycles. The molecule has 0 spiro atoms. The Hall–Kier alpha value is -2.41. The van der Waals surface area contributed by atoms with Crippen molar-refractivity contribution >= 4 is 23.3 Å². The molecule has 1 aliphatic heterocycles. The van der Waals surface area contributed by atoms with E-state index in [4.69, 9.17) is 17.0 Å². The Morgan fingerprint density at radius 1 is 1.24 bits per heavy atom. The van der Waals surface area contributed by atoms with Crippen LogP contribution in [0.2, 0.25) is 0 Å². The van der Waals surface area contributed by atoms with E-state index in [2.05, 4.69) is 33.2 Å². The van der Waals surface area contributed by atoms with Crippen molar-refractivity contribution in [2.24, 2.45) is 0 Å². The van der Waals surface area contributed by atoms with Crippen molar-refractivity contribution in [1.29, 1.82) is 0 Å². The maximum atomic E-state index is 12.3. The summed E-state index contributed by atoms with van der Waals surface area (Å²) >= 11 is 5.64. The molecule has 154 valence electrons. The quantitative estimate of drug-likeness (QED) is 0.573. The van der Waals surface area contributed by atoms with Gasteiger partial charge in [0, 0.05) is 24.1 Å². The number of rotatable bonds is 6. The van der Waals surface area contributed by atoms with Gasteiger partial charge in [0.15, 0.2) is 5.11 Å². The number of hydrogen-bond donors (Lipinski definition) is 1. The molecule has 1 saturated heterocycles. The van der Waals surface area contributed by atoms with Crippen LogP contribution in [-0.4, -0.2) is 38.7 Å². The van der Waals surface area contributed by atoms with Crippen LogP contribution in [0.5, 0.6) is 0 Å². The fourth-order valence-corrected chi connectivity index (χ4v) is 4.90. The first-order valence-electron chi connectivity index (χ1n) is 10.5. The van der Waals surface area contributed by atoms with Gasteiger partial charge in [-0.15, -0.1) is 0 Å². The molecule has 2 aromatic rings. The molecule has 6 nitrogen and oxygen atoms in total. The van der Waals surface area contributed by atoms with Gasteiger partial charge < -0.3 is 19.5 Å². The molecule has 1 aliphatic carbocycles. The molecule has 4 rings (SSSR count). The monoisotopic (exact) mass is 412 g/mol. The molecule has 29 heavy (non-hydrogen) atoms. The summed E-state index contributed by atoms with van der Waals surface area (Å²) < 4.78 is 7.61. The van der Waals surface area contributed by atoms with E-state index in [0.29, 0.717) is 17.8 Å². The van der Waals surface area contributed by atoms with Crippen molar-refractivity contribution < 1.29 is 9.53 Å². The maximum Gasteiger partial charge on any atom is 0.325 e. The smallest absolute Gasteiger partial charge is 0.325 e. The van der Waals surface area contributed by atoms with E-state index in [1.807, 2.05) is 30.0 Å². The van der Waals surface area contributed by atoms with E-state index < -0.39 is 0 Å². The number of pyridine rings is 1. The molecule has 0 unspecified atom stereocenters. The van der Waals surface area contributed by atoms with Crippen molar-refractivity contribution in [3.8, 4) is 0 Å². The number of hydrogen-bond acceptors (Lipinski definition) is 4. The van der Waals surface area contributed by atoms with Crippen LogP contribution >= 0.6 is 12.2 Å². The van der Waals surface area contributed by atoms with Crippen LogP contribution in [0, 0.1) is 0 Å². The van der Waals surface area contributed by atoms with E-state index in [0.717, 1.165) is 5.69 Å². The SMILES string of the molecule is CCOC(=O)CN1C(=S)N[C@@H](c2ccccn2)[C@@H]1c1cccn1C1CCCCC1. The van der Waals surface area contributed by atoms with Gasteiger partial charge in [-0.3, -0.25) is 9.78 Å². The van der Waals surface area contributed by atoms with Gasteiger partial charge in [0.05, 0.1) is 24.4 Å². The maximum absolute atomic E-state index is 12.3. The summed E-state index contributed by atoms with van der Waals surface area (Å²) in [6.07, 6.45) is 10.2. The lowest BCUT2D eigenvalue weighted by molar-refractivity contribution is -0.143. The number of aromatic nitrogens is 2. The third kappa shape index (κ3) is 4.15. The largest absolute Gasteiger partial charge is 0.465 e. The second kappa shape index (κ2) is 8.95. The number of carbonyl (C=O) groups excluding carboxylic acids is 1. The minimum Gasteiger partial charge on any atom is -0.465 e. The Bertz CT molecular complexity index is 848. The third-order valence-electron chi connectivity index (χ3n) is 5.89. The summed E-state index contributed by atoms with van der Waals surface area (Å²) in [5, 5.41) is 3.97. The fraction of sp³-hybridized carbons (Fsp3) is 0.500. The number of nitrogens with zero attached hydrogens (tertiary/aromatic N) is 3. The molecule has 7 heteroatoms. The highest BCUT2D eigenvalue weighted by atomic mass is 32.1. The number of nitrogens with one attached hydrogen (secondary N) is 1. The topological polar surface area (TPSA) is 59.4 Å². The van der Waals surface area contributed by atoms with Crippen LogP contribution in [-0.2, 0) is 9.53 Å². The van der Waals surface area contributed by atoms with Crippen LogP contribution in [0.4, 0.5) is 0 Å². The highest BCUT2D eigenvalue weighted by Crippen LogP contribution is 2.41. The molecule has 0 bridgehead atoms. The number of carbonyl (C=O) groups is 1. The first-order valence-corrected chi connectivity index (χ1v) is 10.9. The average molecular weight is 413 g/mol. The Balaban J connectivity index is 1.71. The summed E-state index contributed by atoms with van der Waals surface area (Å²) in [6.45, 7) is 2.31. The van der Waals surface area contributed by atoms with Crippen LogP contribution in [0.1, 0.15) is 68.5 Å². The van der Waals surface area contributed by atoms with Gasteiger partial charge in [0.25, 0.3) is 0 Å². The lowest BCUT2D eigenvalue weighted by atomic mass is 9.94. The second-order valence-corrected chi connectivity index (χ2v) is 8.08. The molecule has 2 aliphatic rings. The van der Waals surface area contributed by atoms with Crippen LogP contribution in [0.25, 0.3) is 0 Å². The summed E-state index contributed by atoms with van der Waals surface area (Å²) in [7, 11) is 0. The minimum atomic E-state index is -0.265. The fourth-order valence-electron chi connectivity index (χ4n) is 4.59. The first kappa shape index (κ1) is 19.9. The van der Waals surface area contributed by atoms with E-state index in [9.17, 15) is 4.79 Å². The zero-order chi connectivity index (χ0) is 20.2. The van der Waals surface area contributed by atoms with Crippen molar-refractivity contribution in [1.82, 2.24) is 19.8 Å². The normalized spacial score (nSPS) is 22.5. The number of ether oxygens (including phenoxy) is 1. The van der Waals surface area contributed by atoms with Gasteiger partial charge >= 0.3 is 5.97 Å². The zero-order valence-electron chi connectivity index (χ0n) is 16.8. The van der Waals surface area contributed by atoms with Gasteiger partial charge in [0.2, 0.25) is 0 Å². The Labute approximate surface area is 177 Å². The Kier molecular flexibility index (Phi) is 6.13. The lowest BCUT2D eigenvalue weighted by Gasteiger charge is -2.32. The highest BCUT2D eigenvalue weighted by molar-refractivity contribution is 7.80. The minimum absolute atomic E-state index is 0.112. The molecule has 0 amide bonds. The summed E-state index contributed by atoms with van der Waals surface area (Å²) in [6, 6.07) is 10.4. The molecule has 1 saturated carbocycles. The summed E-state index contributed by atoms with van der Waals surface area (Å²) in [5.41, 5.74) is 2.09. The number of thiocarbonyl (C=S) groups is 1. The highest BCUT2D eigenvalue weighted by Gasteiger charge is 2.42. The molecule has 1 N–H and O–H groups in total. The summed E-state index contributed by atoms with van der Waals surface area (Å²) in [5.74, 6) is -0.265. The average Bonchev–Trinajstić information content (AvgIpc) is 3.34. The van der Waals surface area contributed by atoms with E-state index in [1.54, 1.807) is 6.20 Å². The van der Waals surface area contributed by atoms with Gasteiger partial charge in [0.1, 0.15) is 6.54 Å². The second-order valence-electron chi connectivity index (χ2n) is 7.69. The third-order valence-corrected chi connectivity index (χ3v) is 6.24. The van der Waals surface area contributed by atoms with Gasteiger partial charge in [-0.05, 0) is 56.2 Å². The van der Waals surface area contributed by atoms with Crippen LogP contribution in [0.3, 0.4) is 0 Å². The summed E-state index contributed by atoms with van der Waals surface area (Å²) in [4.78, 5) is 18.8. The van der Waals surface area contributed by atoms with E-state index in [1.165, 1.54) is 37.8 Å². The molecular formula is C22H28N4O2S. The van der Waals surface area contributed by atoms with Crippen LogP contribution < -0.4 is 5.32 Å². The molecule has 3 heterocycles. The molecule has 2 fully saturated rings. The first-order chi connectivity index (χ1) is 14.2. The van der Waals surface area contributed by atoms with Crippen molar-refractivity contribution in [2.75, 3.05) is 13.2 Å². The Morgan fingerprint density at radius 3 is 2.79 bits per heavy atom. The van der Waals surface area contributed by atoms with E-state index in [-0.39, 0.29) is 24.6 Å². The van der Waals surface area contributed by atoms with E-state index >= 15 is 0 Å². The lowest BCUT2D eigenvalue weighted by Crippen LogP contribution is -2.36. The van der Waals surface area contributed by atoms with Crippen molar-refractivity contribution in [3.05, 3.63) is 54.1 Å². The zero-order valence-corrected chi connectivity index (χ0v) is 17.6. The van der Waals surface area contributed by atoms with Gasteiger partial charge in [-0.1, -0.05) is 25.3 Å². The van der Waals surface area contributed by atoms with Crippen LogP contribution in [0.15, 0.2) is 42.7 Å². The number of esters is 1. The predicted molar refractivity (Wildman–Crippen MR) is 115 cm³/mol. The molecule has 0 aromatic carbocycles. The van der Waals surface area contributed by atoms with Gasteiger partial charge in [-0.25, -0.2) is 0 Å². The molecule has 2 atom stereocenters. The predicted octanol–water partition coefficient (Wildman–Crippen LogP) is 3.92. The van der Waals surface area contributed by atoms with Crippen molar-refractivity contribution in [2.45, 2.75) is 57.2 Å².